The van der Waals surface area contributed by atoms with E-state index in [4.69, 9.17) is 0 Å². The smallest absolute Gasteiger partial charge is 0.220 e. The van der Waals surface area contributed by atoms with E-state index in [2.05, 4.69) is 37.7 Å². The summed E-state index contributed by atoms with van der Waals surface area (Å²) in [4.78, 5) is 25.3. The molecule has 0 aromatic carbocycles. The van der Waals surface area contributed by atoms with Gasteiger partial charge in [-0.05, 0) is 69.5 Å². The second kappa shape index (κ2) is 9.66. The molecule has 2 aromatic heterocycles. The van der Waals surface area contributed by atoms with Crippen LogP contribution in [0.1, 0.15) is 47.1 Å². The van der Waals surface area contributed by atoms with Crippen LogP contribution in [-0.2, 0) is 11.2 Å². The van der Waals surface area contributed by atoms with Crippen molar-refractivity contribution in [1.82, 2.24) is 20.2 Å². The molecule has 0 saturated carbocycles. The van der Waals surface area contributed by atoms with E-state index in [0.717, 1.165) is 35.2 Å². The van der Waals surface area contributed by atoms with E-state index in [-0.39, 0.29) is 5.91 Å². The van der Waals surface area contributed by atoms with Gasteiger partial charge in [-0.3, -0.25) is 9.69 Å². The number of aromatic nitrogens is 2. The number of nitrogens with zero attached hydrogens (tertiary/aromatic N) is 3. The van der Waals surface area contributed by atoms with Crippen LogP contribution >= 0.6 is 23.1 Å². The van der Waals surface area contributed by atoms with E-state index >= 15 is 0 Å². The van der Waals surface area contributed by atoms with Crippen LogP contribution in [0.5, 0.6) is 0 Å². The predicted molar refractivity (Wildman–Crippen MR) is 112 cm³/mol. The van der Waals surface area contributed by atoms with Gasteiger partial charge in [-0.1, -0.05) is 17.8 Å². The maximum atomic E-state index is 12.5. The largest absolute Gasteiger partial charge is 0.354 e. The van der Waals surface area contributed by atoms with Gasteiger partial charge in [0.25, 0.3) is 0 Å². The van der Waals surface area contributed by atoms with Crippen molar-refractivity contribution >= 4 is 29.0 Å². The summed E-state index contributed by atoms with van der Waals surface area (Å²) in [6.45, 7) is 6.93. The third-order valence-electron chi connectivity index (χ3n) is 5.13. The highest BCUT2D eigenvalue weighted by Crippen LogP contribution is 2.27. The zero-order valence-corrected chi connectivity index (χ0v) is 18.0. The first-order valence-corrected chi connectivity index (χ1v) is 11.6. The van der Waals surface area contributed by atoms with Crippen molar-refractivity contribution in [3.8, 4) is 0 Å². The molecule has 0 radical (unpaired) electrons. The number of aryl methyl sites for hydroxylation is 2. The van der Waals surface area contributed by atoms with Gasteiger partial charge in [-0.25, -0.2) is 9.97 Å². The fourth-order valence-electron chi connectivity index (χ4n) is 3.64. The Balaban J connectivity index is 1.56. The maximum absolute atomic E-state index is 12.5. The van der Waals surface area contributed by atoms with Crippen molar-refractivity contribution in [1.29, 1.82) is 0 Å². The maximum Gasteiger partial charge on any atom is 0.220 e. The lowest BCUT2D eigenvalue weighted by Gasteiger charge is -2.27. The molecule has 3 rings (SSSR count). The fourth-order valence-corrected chi connectivity index (χ4v) is 4.96. The van der Waals surface area contributed by atoms with Crippen LogP contribution in [0.4, 0.5) is 0 Å². The summed E-state index contributed by atoms with van der Waals surface area (Å²) >= 11 is 3.32. The molecular formula is C20H28N4OS2. The fraction of sp³-hybridized carbons (Fsp3) is 0.550. The second-order valence-corrected chi connectivity index (χ2v) is 8.69. The van der Waals surface area contributed by atoms with Crippen LogP contribution in [0.25, 0.3) is 0 Å². The molecule has 5 nitrogen and oxygen atoms in total. The molecule has 0 aliphatic carbocycles. The van der Waals surface area contributed by atoms with E-state index in [9.17, 15) is 4.79 Å². The van der Waals surface area contributed by atoms with Crippen molar-refractivity contribution in [3.63, 3.8) is 0 Å². The SMILES string of the molecule is CSc1nc(C)c(CCC(=O)NCC(c2cccs2)N2CCCC2)c(C)n1. The van der Waals surface area contributed by atoms with Crippen LogP contribution in [0, 0.1) is 13.8 Å². The number of thioether (sulfide) groups is 1. The summed E-state index contributed by atoms with van der Waals surface area (Å²) in [6, 6.07) is 4.57. The summed E-state index contributed by atoms with van der Waals surface area (Å²) in [7, 11) is 0. The van der Waals surface area contributed by atoms with E-state index in [0.29, 0.717) is 25.4 Å². The van der Waals surface area contributed by atoms with Crippen LogP contribution < -0.4 is 5.32 Å². The average Bonchev–Trinajstić information content (AvgIpc) is 3.35. The number of hydrogen-bond donors (Lipinski definition) is 1. The molecule has 0 bridgehead atoms. The minimum Gasteiger partial charge on any atom is -0.354 e. The zero-order valence-electron chi connectivity index (χ0n) is 16.3. The quantitative estimate of drug-likeness (QED) is 0.536. The predicted octanol–water partition coefficient (Wildman–Crippen LogP) is 3.76. The molecule has 27 heavy (non-hydrogen) atoms. The van der Waals surface area contributed by atoms with Crippen molar-refractivity contribution in [3.05, 3.63) is 39.3 Å². The van der Waals surface area contributed by atoms with Gasteiger partial charge in [-0.15, -0.1) is 11.3 Å². The molecule has 1 aliphatic rings. The lowest BCUT2D eigenvalue weighted by Crippen LogP contribution is -2.36. The number of amides is 1. The van der Waals surface area contributed by atoms with E-state index in [1.807, 2.05) is 20.1 Å². The number of nitrogens with one attached hydrogen (secondary N) is 1. The Labute approximate surface area is 170 Å². The molecule has 1 amide bonds. The first kappa shape index (κ1) is 20.3. The Morgan fingerprint density at radius 2 is 2.00 bits per heavy atom. The zero-order chi connectivity index (χ0) is 19.2. The Morgan fingerprint density at radius 1 is 1.30 bits per heavy atom. The lowest BCUT2D eigenvalue weighted by molar-refractivity contribution is -0.121. The van der Waals surface area contributed by atoms with E-state index in [1.54, 1.807) is 23.1 Å². The van der Waals surface area contributed by atoms with Crippen LogP contribution in [0.3, 0.4) is 0 Å². The second-order valence-electron chi connectivity index (χ2n) is 6.94. The third kappa shape index (κ3) is 5.30. The molecule has 3 heterocycles. The summed E-state index contributed by atoms with van der Waals surface area (Å²) in [6.07, 6.45) is 5.64. The number of thiophene rings is 1. The van der Waals surface area contributed by atoms with E-state index < -0.39 is 0 Å². The number of likely N-dealkylation sites (tertiary alicyclic amines) is 1. The monoisotopic (exact) mass is 404 g/mol. The van der Waals surface area contributed by atoms with Crippen LogP contribution in [0.15, 0.2) is 22.7 Å². The minimum absolute atomic E-state index is 0.100. The Morgan fingerprint density at radius 3 is 2.59 bits per heavy atom. The first-order valence-electron chi connectivity index (χ1n) is 9.50. The van der Waals surface area contributed by atoms with Gasteiger partial charge >= 0.3 is 0 Å². The van der Waals surface area contributed by atoms with Crippen molar-refractivity contribution in [2.75, 3.05) is 25.9 Å². The standard InChI is InChI=1S/C20H28N4OS2/c1-14-16(15(2)23-20(22-14)26-3)8-9-19(25)21-13-17(18-7-6-12-27-18)24-10-4-5-11-24/h6-7,12,17H,4-5,8-11,13H2,1-3H3,(H,21,25). The highest BCUT2D eigenvalue weighted by Gasteiger charge is 2.24. The number of carbonyl (C=O) groups excluding carboxylic acids is 1. The van der Waals surface area contributed by atoms with Gasteiger partial charge < -0.3 is 5.32 Å². The van der Waals surface area contributed by atoms with Gasteiger partial charge in [0, 0.05) is 29.2 Å². The topological polar surface area (TPSA) is 58.1 Å². The molecule has 1 N–H and O–H groups in total. The highest BCUT2D eigenvalue weighted by molar-refractivity contribution is 7.98. The van der Waals surface area contributed by atoms with E-state index in [1.165, 1.54) is 17.7 Å². The van der Waals surface area contributed by atoms with Gasteiger partial charge in [0.2, 0.25) is 5.91 Å². The molecule has 7 heteroatoms. The summed E-state index contributed by atoms with van der Waals surface area (Å²) in [5.74, 6) is 0.100. The number of carbonyl (C=O) groups is 1. The Bertz CT molecular complexity index is 734. The highest BCUT2D eigenvalue weighted by atomic mass is 32.2. The van der Waals surface area contributed by atoms with Gasteiger partial charge in [0.05, 0.1) is 6.04 Å². The molecule has 1 aliphatic heterocycles. The molecular weight excluding hydrogens is 376 g/mol. The van der Waals surface area contributed by atoms with Gasteiger partial charge in [0.15, 0.2) is 5.16 Å². The molecule has 1 fully saturated rings. The van der Waals surface area contributed by atoms with Gasteiger partial charge in [0.1, 0.15) is 0 Å². The van der Waals surface area contributed by atoms with Crippen molar-refractivity contribution < 1.29 is 4.79 Å². The molecule has 1 saturated heterocycles. The first-order chi connectivity index (χ1) is 13.1. The molecule has 1 unspecified atom stereocenters. The molecule has 1 atom stereocenters. The Hall–Kier alpha value is -1.44. The molecule has 2 aromatic rings. The van der Waals surface area contributed by atoms with Crippen molar-refractivity contribution in [2.24, 2.45) is 0 Å². The minimum atomic E-state index is 0.100. The lowest BCUT2D eigenvalue weighted by atomic mass is 10.1. The average molecular weight is 405 g/mol. The molecule has 0 spiro atoms. The van der Waals surface area contributed by atoms with Crippen LogP contribution in [0.2, 0.25) is 0 Å². The third-order valence-corrected chi connectivity index (χ3v) is 6.65. The van der Waals surface area contributed by atoms with Gasteiger partial charge in [-0.2, -0.15) is 0 Å². The summed E-state index contributed by atoms with van der Waals surface area (Å²) in [5, 5.41) is 6.07. The van der Waals surface area contributed by atoms with Crippen molar-refractivity contribution in [2.45, 2.75) is 50.7 Å². The summed E-state index contributed by atoms with van der Waals surface area (Å²) < 4.78 is 0. The normalized spacial score (nSPS) is 15.8. The van der Waals surface area contributed by atoms with Crippen LogP contribution in [-0.4, -0.2) is 46.7 Å². The number of rotatable bonds is 8. The summed E-state index contributed by atoms with van der Waals surface area (Å²) in [5.41, 5.74) is 3.05. The molecule has 146 valence electrons. The number of hydrogen-bond acceptors (Lipinski definition) is 6. The Kier molecular flexibility index (Phi) is 7.26.